The van der Waals surface area contributed by atoms with Crippen molar-refractivity contribution in [3.05, 3.63) is 28.7 Å². The lowest BCUT2D eigenvalue weighted by Crippen LogP contribution is -2.33. The Balaban J connectivity index is 1.83. The summed E-state index contributed by atoms with van der Waals surface area (Å²) in [6.07, 6.45) is 0.370. The number of anilines is 1. The molecule has 1 fully saturated rings. The van der Waals surface area contributed by atoms with Gasteiger partial charge in [0.05, 0.1) is 5.75 Å². The van der Waals surface area contributed by atoms with Crippen molar-refractivity contribution in [3.8, 4) is 0 Å². The lowest BCUT2D eigenvalue weighted by molar-refractivity contribution is -0.133. The summed E-state index contributed by atoms with van der Waals surface area (Å²) in [5.74, 6) is -0.799. The molecule has 0 unspecified atom stereocenters. The van der Waals surface area contributed by atoms with E-state index in [-0.39, 0.29) is 40.6 Å². The Hall–Kier alpha value is -1.25. The minimum absolute atomic E-state index is 0.0476. The van der Waals surface area contributed by atoms with Crippen LogP contribution < -0.4 is 5.32 Å². The summed E-state index contributed by atoms with van der Waals surface area (Å²) >= 11 is 9.34. The van der Waals surface area contributed by atoms with E-state index >= 15 is 0 Å². The van der Waals surface area contributed by atoms with Gasteiger partial charge in [-0.2, -0.15) is 0 Å². The molecule has 0 aliphatic carbocycles. The zero-order valence-corrected chi connectivity index (χ0v) is 14.0. The molecular weight excluding hydrogens is 376 g/mol. The molecule has 1 saturated heterocycles. The zero-order chi connectivity index (χ0) is 15.4. The molecule has 110 valence electrons. The molecule has 0 spiro atoms. The standard InChI is InChI=1S/C13H11BrN2O3S2/c14-8-1-3-9(4-2-8)15-10(17)7-21-13(20)16-11(18)5-6-12(16)19/h1-4H,5-7H2,(H,15,17). The molecule has 0 aromatic heterocycles. The van der Waals surface area contributed by atoms with Crippen molar-refractivity contribution in [1.82, 2.24) is 4.90 Å². The fourth-order valence-electron chi connectivity index (χ4n) is 1.70. The molecule has 5 nitrogen and oxygen atoms in total. The summed E-state index contributed by atoms with van der Waals surface area (Å²) < 4.78 is 1.05. The van der Waals surface area contributed by atoms with Crippen LogP contribution >= 0.6 is 39.9 Å². The minimum atomic E-state index is -0.300. The van der Waals surface area contributed by atoms with E-state index in [1.54, 1.807) is 12.1 Å². The van der Waals surface area contributed by atoms with Crippen LogP contribution in [0.4, 0.5) is 5.69 Å². The molecule has 1 aromatic rings. The van der Waals surface area contributed by atoms with E-state index in [0.717, 1.165) is 21.1 Å². The fourth-order valence-corrected chi connectivity index (χ4v) is 3.01. The third-order valence-electron chi connectivity index (χ3n) is 2.69. The highest BCUT2D eigenvalue weighted by Gasteiger charge is 2.32. The zero-order valence-electron chi connectivity index (χ0n) is 10.8. The third kappa shape index (κ3) is 4.36. The normalized spacial score (nSPS) is 14.4. The molecular formula is C13H11BrN2O3S2. The number of nitrogens with zero attached hydrogens (tertiary/aromatic N) is 1. The summed E-state index contributed by atoms with van der Waals surface area (Å²) in [6, 6.07) is 7.15. The van der Waals surface area contributed by atoms with Crippen LogP contribution in [0.2, 0.25) is 0 Å². The topological polar surface area (TPSA) is 66.5 Å². The maximum absolute atomic E-state index is 11.8. The number of hydrogen-bond donors (Lipinski definition) is 1. The maximum Gasteiger partial charge on any atom is 0.235 e. The van der Waals surface area contributed by atoms with Gasteiger partial charge in [0.25, 0.3) is 0 Å². The first kappa shape index (κ1) is 16.1. The summed E-state index contributed by atoms with van der Waals surface area (Å²) in [5, 5.41) is 2.71. The number of likely N-dealkylation sites (tertiary alicyclic amines) is 1. The number of rotatable bonds is 3. The van der Waals surface area contributed by atoms with Crippen LogP contribution in [0.25, 0.3) is 0 Å². The minimum Gasteiger partial charge on any atom is -0.325 e. The molecule has 1 aliphatic rings. The monoisotopic (exact) mass is 386 g/mol. The van der Waals surface area contributed by atoms with Crippen LogP contribution in [-0.4, -0.2) is 32.7 Å². The highest BCUT2D eigenvalue weighted by atomic mass is 79.9. The van der Waals surface area contributed by atoms with Crippen LogP contribution in [0.1, 0.15) is 12.8 Å². The first-order valence-electron chi connectivity index (χ1n) is 6.05. The smallest absolute Gasteiger partial charge is 0.235 e. The van der Waals surface area contributed by atoms with Crippen molar-refractivity contribution in [1.29, 1.82) is 0 Å². The van der Waals surface area contributed by atoms with Gasteiger partial charge >= 0.3 is 0 Å². The molecule has 1 N–H and O–H groups in total. The number of imide groups is 1. The predicted octanol–water partition coefficient (Wildman–Crippen LogP) is 2.55. The van der Waals surface area contributed by atoms with Gasteiger partial charge in [-0.25, -0.2) is 4.90 Å². The highest BCUT2D eigenvalue weighted by molar-refractivity contribution is 9.10. The highest BCUT2D eigenvalue weighted by Crippen LogP contribution is 2.19. The van der Waals surface area contributed by atoms with Crippen molar-refractivity contribution in [3.63, 3.8) is 0 Å². The van der Waals surface area contributed by atoms with Gasteiger partial charge in [-0.15, -0.1) is 0 Å². The van der Waals surface area contributed by atoms with E-state index in [2.05, 4.69) is 21.2 Å². The van der Waals surface area contributed by atoms with Crippen LogP contribution in [-0.2, 0) is 14.4 Å². The van der Waals surface area contributed by atoms with E-state index < -0.39 is 0 Å². The molecule has 3 amide bonds. The SMILES string of the molecule is O=C(CSC(=S)N1C(=O)CCC1=O)Nc1ccc(Br)cc1. The van der Waals surface area contributed by atoms with Crippen LogP contribution in [0.3, 0.4) is 0 Å². The van der Waals surface area contributed by atoms with Gasteiger partial charge in [-0.1, -0.05) is 39.9 Å². The number of thioether (sulfide) groups is 1. The number of thiocarbonyl (C=S) groups is 1. The molecule has 1 heterocycles. The summed E-state index contributed by atoms with van der Waals surface area (Å²) in [4.78, 5) is 35.8. The Bertz CT molecular complexity index is 588. The number of amides is 3. The van der Waals surface area contributed by atoms with Crippen molar-refractivity contribution in [2.75, 3.05) is 11.1 Å². The van der Waals surface area contributed by atoms with Crippen molar-refractivity contribution < 1.29 is 14.4 Å². The van der Waals surface area contributed by atoms with Gasteiger partial charge in [0.2, 0.25) is 17.7 Å². The Labute approximate surface area is 139 Å². The first-order chi connectivity index (χ1) is 9.97. The number of carbonyl (C=O) groups excluding carboxylic acids is 3. The first-order valence-corrected chi connectivity index (χ1v) is 8.24. The number of hydrogen-bond acceptors (Lipinski definition) is 5. The second kappa shape index (κ2) is 7.15. The molecule has 0 bridgehead atoms. The molecule has 2 rings (SSSR count). The Morgan fingerprint density at radius 1 is 1.24 bits per heavy atom. The van der Waals surface area contributed by atoms with Crippen molar-refractivity contribution in [2.45, 2.75) is 12.8 Å². The second-order valence-electron chi connectivity index (χ2n) is 4.23. The van der Waals surface area contributed by atoms with E-state index in [9.17, 15) is 14.4 Å². The van der Waals surface area contributed by atoms with E-state index in [4.69, 9.17) is 12.2 Å². The second-order valence-corrected chi connectivity index (χ2v) is 6.76. The molecule has 8 heteroatoms. The predicted molar refractivity (Wildman–Crippen MR) is 88.9 cm³/mol. The molecule has 0 atom stereocenters. The molecule has 0 radical (unpaired) electrons. The average molecular weight is 387 g/mol. The molecule has 21 heavy (non-hydrogen) atoms. The fraction of sp³-hybridized carbons (Fsp3) is 0.231. The average Bonchev–Trinajstić information content (AvgIpc) is 2.78. The summed E-state index contributed by atoms with van der Waals surface area (Å²) in [7, 11) is 0. The Kier molecular flexibility index (Phi) is 5.49. The Morgan fingerprint density at radius 2 is 1.81 bits per heavy atom. The van der Waals surface area contributed by atoms with Crippen LogP contribution in [0.5, 0.6) is 0 Å². The molecule has 1 aliphatic heterocycles. The Morgan fingerprint density at radius 3 is 2.38 bits per heavy atom. The van der Waals surface area contributed by atoms with Gasteiger partial charge < -0.3 is 5.32 Å². The van der Waals surface area contributed by atoms with Gasteiger partial charge in [0, 0.05) is 23.0 Å². The van der Waals surface area contributed by atoms with E-state index in [1.165, 1.54) is 0 Å². The third-order valence-corrected chi connectivity index (χ3v) is 4.59. The number of benzene rings is 1. The number of halogens is 1. The maximum atomic E-state index is 11.8. The van der Waals surface area contributed by atoms with Gasteiger partial charge in [-0.3, -0.25) is 14.4 Å². The van der Waals surface area contributed by atoms with Gasteiger partial charge in [0.15, 0.2) is 0 Å². The van der Waals surface area contributed by atoms with Crippen molar-refractivity contribution in [2.24, 2.45) is 0 Å². The van der Waals surface area contributed by atoms with Crippen molar-refractivity contribution >= 4 is 67.6 Å². The van der Waals surface area contributed by atoms with Gasteiger partial charge in [-0.05, 0) is 24.3 Å². The van der Waals surface area contributed by atoms with E-state index in [1.807, 2.05) is 12.1 Å². The molecule has 1 aromatic carbocycles. The number of carbonyl (C=O) groups is 3. The van der Waals surface area contributed by atoms with Crippen LogP contribution in [0, 0.1) is 0 Å². The van der Waals surface area contributed by atoms with Crippen LogP contribution in [0.15, 0.2) is 28.7 Å². The summed E-state index contributed by atoms with van der Waals surface area (Å²) in [5.41, 5.74) is 0.669. The summed E-state index contributed by atoms with van der Waals surface area (Å²) in [6.45, 7) is 0. The van der Waals surface area contributed by atoms with Gasteiger partial charge in [0.1, 0.15) is 4.32 Å². The van der Waals surface area contributed by atoms with E-state index in [0.29, 0.717) is 5.69 Å². The quantitative estimate of drug-likeness (QED) is 0.638. The largest absolute Gasteiger partial charge is 0.325 e. The lowest BCUT2D eigenvalue weighted by atomic mass is 10.3. The lowest BCUT2D eigenvalue weighted by Gasteiger charge is -2.13. The number of nitrogens with one attached hydrogen (secondary N) is 1. The molecule has 0 saturated carbocycles.